The molecular weight excluding hydrogens is 242 g/mol. The van der Waals surface area contributed by atoms with E-state index in [1.807, 2.05) is 31.2 Å². The van der Waals surface area contributed by atoms with Gasteiger partial charge in [0.05, 0.1) is 11.4 Å². The predicted molar refractivity (Wildman–Crippen MR) is 62.2 cm³/mol. The number of hydrogen-bond donors (Lipinski definition) is 0. The van der Waals surface area contributed by atoms with Gasteiger partial charge in [-0.05, 0) is 24.6 Å². The summed E-state index contributed by atoms with van der Waals surface area (Å²) in [6.07, 6.45) is 0.668. The van der Waals surface area contributed by atoms with Crippen LogP contribution in [0, 0.1) is 0 Å². The van der Waals surface area contributed by atoms with E-state index in [9.17, 15) is 4.79 Å². The van der Waals surface area contributed by atoms with Gasteiger partial charge in [-0.2, -0.15) is 0 Å². The van der Waals surface area contributed by atoms with Crippen molar-refractivity contribution in [3.05, 3.63) is 28.7 Å². The smallest absolute Gasteiger partial charge is 0.173 e. The van der Waals surface area contributed by atoms with E-state index in [1.54, 1.807) is 6.92 Å². The first-order chi connectivity index (χ1) is 6.63. The molecule has 0 saturated carbocycles. The van der Waals surface area contributed by atoms with Crippen molar-refractivity contribution in [3.63, 3.8) is 0 Å². The van der Waals surface area contributed by atoms with Gasteiger partial charge in [0.2, 0.25) is 0 Å². The minimum atomic E-state index is 0.0347. The normalized spacial score (nSPS) is 11.5. The van der Waals surface area contributed by atoms with Gasteiger partial charge < -0.3 is 0 Å². The van der Waals surface area contributed by atoms with Gasteiger partial charge in [0.1, 0.15) is 0 Å². The monoisotopic (exact) mass is 253 g/mol. The molecule has 0 N–H and O–H groups in total. The summed E-state index contributed by atoms with van der Waals surface area (Å²) in [7, 11) is 0. The number of Topliss-reactive ketones (excluding diaryl/α,β-unsaturated/α-hetero) is 1. The number of ketones is 1. The molecule has 0 atom stereocenters. The quantitative estimate of drug-likeness (QED) is 0.759. The number of halogens is 1. The first-order valence-electron chi connectivity index (χ1n) is 4.47. The molecule has 0 amide bonds. The Morgan fingerprint density at radius 3 is 2.71 bits per heavy atom. The summed E-state index contributed by atoms with van der Waals surface area (Å²) < 4.78 is 0.970. The lowest BCUT2D eigenvalue weighted by Crippen LogP contribution is -2.07. The molecule has 0 heterocycles. The van der Waals surface area contributed by atoms with Crippen LogP contribution in [0.2, 0.25) is 0 Å². The second-order valence-electron chi connectivity index (χ2n) is 2.95. The summed E-state index contributed by atoms with van der Waals surface area (Å²) in [5.74, 6) is 0.0347. The zero-order valence-corrected chi connectivity index (χ0v) is 9.84. The van der Waals surface area contributed by atoms with E-state index < -0.39 is 0 Å². The topological polar surface area (TPSA) is 29.4 Å². The Hall–Kier alpha value is -0.960. The van der Waals surface area contributed by atoms with Gasteiger partial charge in [0.15, 0.2) is 5.78 Å². The van der Waals surface area contributed by atoms with Crippen molar-refractivity contribution in [2.75, 3.05) is 0 Å². The molecule has 1 rings (SSSR count). The third kappa shape index (κ3) is 3.07. The van der Waals surface area contributed by atoms with Gasteiger partial charge in [-0.1, -0.05) is 28.9 Å². The Morgan fingerprint density at radius 1 is 1.50 bits per heavy atom. The highest BCUT2D eigenvalue weighted by molar-refractivity contribution is 9.10. The summed E-state index contributed by atoms with van der Waals surface area (Å²) in [5, 5.41) is 0. The van der Waals surface area contributed by atoms with Gasteiger partial charge in [-0.25, -0.2) is 4.99 Å². The van der Waals surface area contributed by atoms with E-state index in [-0.39, 0.29) is 5.78 Å². The molecule has 0 bridgehead atoms. The molecule has 3 heteroatoms. The Kier molecular flexibility index (Phi) is 4.01. The SMILES string of the molecule is CCC(=Nc1cccc(Br)c1)C(C)=O. The fourth-order valence-corrected chi connectivity index (χ4v) is 1.50. The average Bonchev–Trinajstić information content (AvgIpc) is 2.14. The molecule has 2 nitrogen and oxygen atoms in total. The van der Waals surface area contributed by atoms with Gasteiger partial charge in [-0.15, -0.1) is 0 Å². The van der Waals surface area contributed by atoms with Crippen molar-refractivity contribution >= 4 is 33.1 Å². The molecule has 74 valence electrons. The summed E-state index contributed by atoms with van der Waals surface area (Å²) in [6, 6.07) is 7.59. The lowest BCUT2D eigenvalue weighted by Gasteiger charge is -1.99. The lowest BCUT2D eigenvalue weighted by atomic mass is 10.2. The summed E-state index contributed by atoms with van der Waals surface area (Å²) >= 11 is 3.36. The van der Waals surface area contributed by atoms with Crippen molar-refractivity contribution in [2.45, 2.75) is 20.3 Å². The van der Waals surface area contributed by atoms with Crippen LogP contribution in [0.15, 0.2) is 33.7 Å². The fraction of sp³-hybridized carbons (Fsp3) is 0.273. The van der Waals surface area contributed by atoms with Crippen molar-refractivity contribution in [3.8, 4) is 0 Å². The maximum atomic E-state index is 11.1. The number of nitrogens with zero attached hydrogens (tertiary/aromatic N) is 1. The predicted octanol–water partition coefficient (Wildman–Crippen LogP) is 3.52. The molecule has 0 aliphatic rings. The molecule has 1 aromatic carbocycles. The molecule has 0 aromatic heterocycles. The van der Waals surface area contributed by atoms with Crippen LogP contribution >= 0.6 is 15.9 Å². The van der Waals surface area contributed by atoms with Gasteiger partial charge in [0.25, 0.3) is 0 Å². The number of hydrogen-bond acceptors (Lipinski definition) is 2. The first-order valence-corrected chi connectivity index (χ1v) is 5.27. The molecule has 0 saturated heterocycles. The van der Waals surface area contributed by atoms with E-state index in [4.69, 9.17) is 0 Å². The molecule has 0 spiro atoms. The zero-order valence-electron chi connectivity index (χ0n) is 8.25. The summed E-state index contributed by atoms with van der Waals surface area (Å²) in [6.45, 7) is 3.47. The number of carbonyl (C=O) groups is 1. The van der Waals surface area contributed by atoms with Crippen molar-refractivity contribution < 1.29 is 4.79 Å². The van der Waals surface area contributed by atoms with Gasteiger partial charge in [-0.3, -0.25) is 4.79 Å². The molecule has 0 radical (unpaired) electrons. The highest BCUT2D eigenvalue weighted by Crippen LogP contribution is 2.18. The first kappa shape index (κ1) is 11.1. The highest BCUT2D eigenvalue weighted by Gasteiger charge is 2.02. The number of rotatable bonds is 3. The Morgan fingerprint density at radius 2 is 2.21 bits per heavy atom. The van der Waals surface area contributed by atoms with Crippen LogP contribution in [-0.2, 0) is 4.79 Å². The molecule has 1 aromatic rings. The van der Waals surface area contributed by atoms with E-state index in [1.165, 1.54) is 0 Å². The Balaban J connectivity index is 3.00. The minimum Gasteiger partial charge on any atom is -0.293 e. The van der Waals surface area contributed by atoms with Crippen LogP contribution in [0.5, 0.6) is 0 Å². The zero-order chi connectivity index (χ0) is 10.6. The molecular formula is C11H12BrNO. The highest BCUT2D eigenvalue weighted by atomic mass is 79.9. The van der Waals surface area contributed by atoms with Crippen molar-refractivity contribution in [1.29, 1.82) is 0 Å². The van der Waals surface area contributed by atoms with Crippen LogP contribution in [0.4, 0.5) is 5.69 Å². The fourth-order valence-electron chi connectivity index (χ4n) is 1.11. The van der Waals surface area contributed by atoms with Crippen LogP contribution < -0.4 is 0 Å². The molecule has 0 aliphatic carbocycles. The van der Waals surface area contributed by atoms with E-state index >= 15 is 0 Å². The summed E-state index contributed by atoms with van der Waals surface area (Å²) in [4.78, 5) is 15.4. The Labute approximate surface area is 92.2 Å². The van der Waals surface area contributed by atoms with Crippen molar-refractivity contribution in [1.82, 2.24) is 0 Å². The van der Waals surface area contributed by atoms with Gasteiger partial charge >= 0.3 is 0 Å². The van der Waals surface area contributed by atoms with Crippen LogP contribution in [0.3, 0.4) is 0 Å². The van der Waals surface area contributed by atoms with E-state index in [2.05, 4.69) is 20.9 Å². The lowest BCUT2D eigenvalue weighted by molar-refractivity contribution is -0.111. The maximum Gasteiger partial charge on any atom is 0.173 e. The molecule has 0 fully saturated rings. The molecule has 14 heavy (non-hydrogen) atoms. The average molecular weight is 254 g/mol. The number of aliphatic imine (C=N–C) groups is 1. The largest absolute Gasteiger partial charge is 0.293 e. The second-order valence-corrected chi connectivity index (χ2v) is 3.86. The third-order valence-electron chi connectivity index (χ3n) is 1.81. The van der Waals surface area contributed by atoms with E-state index in [0.29, 0.717) is 12.1 Å². The second kappa shape index (κ2) is 5.05. The molecule has 0 unspecified atom stereocenters. The standard InChI is InChI=1S/C11H12BrNO/c1-3-11(8(2)14)13-10-6-4-5-9(12)7-10/h4-7H,3H2,1-2H3. The Bertz CT molecular complexity index is 371. The van der Waals surface area contributed by atoms with Crippen LogP contribution in [-0.4, -0.2) is 11.5 Å². The van der Waals surface area contributed by atoms with Gasteiger partial charge in [0, 0.05) is 11.4 Å². The molecule has 0 aliphatic heterocycles. The maximum absolute atomic E-state index is 11.1. The van der Waals surface area contributed by atoms with E-state index in [0.717, 1.165) is 10.2 Å². The third-order valence-corrected chi connectivity index (χ3v) is 2.31. The van der Waals surface area contributed by atoms with Crippen LogP contribution in [0.25, 0.3) is 0 Å². The summed E-state index contributed by atoms with van der Waals surface area (Å²) in [5.41, 5.74) is 1.43. The van der Waals surface area contributed by atoms with Crippen LogP contribution in [0.1, 0.15) is 20.3 Å². The number of carbonyl (C=O) groups excluding carboxylic acids is 1. The van der Waals surface area contributed by atoms with Crippen molar-refractivity contribution in [2.24, 2.45) is 4.99 Å². The minimum absolute atomic E-state index is 0.0347. The number of benzene rings is 1.